The Morgan fingerprint density at radius 1 is 0.900 bits per heavy atom. The molecule has 0 saturated heterocycles. The van der Waals surface area contributed by atoms with Crippen LogP contribution in [0.3, 0.4) is 0 Å². The maximum atomic E-state index is 3.28. The largest absolute Gasteiger partial charge is 0.0616 e. The van der Waals surface area contributed by atoms with Crippen molar-refractivity contribution >= 4 is 41.8 Å². The fraction of sp³-hybridized carbons (Fsp3) is 0. The second kappa shape index (κ2) is 3.94. The Morgan fingerprint density at radius 2 is 1.30 bits per heavy atom. The molecule has 0 unspecified atom stereocenters. The molecule has 1 aromatic rings. The second-order valence-electron chi connectivity index (χ2n) is 1.85. The van der Waals surface area contributed by atoms with Gasteiger partial charge in [0.1, 0.15) is 0 Å². The highest BCUT2D eigenvalue weighted by Gasteiger charge is 1.78. The molecule has 0 aliphatic rings. The molecule has 0 radical (unpaired) electrons. The third-order valence-electron chi connectivity index (χ3n) is 1.23. The predicted molar refractivity (Wildman–Crippen MR) is 52.5 cm³/mol. The predicted octanol–water partition coefficient (Wildman–Crippen LogP) is 1.95. The second-order valence-corrected chi connectivity index (χ2v) is 2.76. The van der Waals surface area contributed by atoms with Gasteiger partial charge < -0.3 is 0 Å². The number of halogens is 2. The van der Waals surface area contributed by atoms with Gasteiger partial charge in [-0.2, -0.15) is 0 Å². The summed E-state index contributed by atoms with van der Waals surface area (Å²) < 4.78 is 0. The zero-order valence-electron chi connectivity index (χ0n) is 5.22. The Bertz CT molecular complexity index is 281. The highest BCUT2D eigenvalue weighted by molar-refractivity contribution is 9.14. The first-order valence-corrected chi connectivity index (χ1v) is 4.67. The topological polar surface area (TPSA) is 0 Å². The van der Waals surface area contributed by atoms with Crippen molar-refractivity contribution in [2.75, 3.05) is 0 Å². The lowest BCUT2D eigenvalue weighted by molar-refractivity contribution is 1.54. The van der Waals surface area contributed by atoms with Crippen molar-refractivity contribution in [3.8, 4) is 0 Å². The molecular formula is C8H6Br2. The van der Waals surface area contributed by atoms with Crippen LogP contribution in [0, 0.1) is 0 Å². The summed E-state index contributed by atoms with van der Waals surface area (Å²) in [5.74, 6) is 0. The molecule has 0 fully saturated rings. The molecule has 1 rings (SSSR count). The van der Waals surface area contributed by atoms with Gasteiger partial charge in [-0.05, 0) is 20.4 Å². The maximum absolute atomic E-state index is 3.28. The number of hydrogen-bond acceptors (Lipinski definition) is 0. The number of hydrogen-bond donors (Lipinski definition) is 0. The average molecular weight is 262 g/mol. The van der Waals surface area contributed by atoms with E-state index in [2.05, 4.69) is 31.9 Å². The molecule has 1 aromatic carbocycles. The Balaban J connectivity index is 3.53. The van der Waals surface area contributed by atoms with E-state index in [4.69, 9.17) is 0 Å². The quantitative estimate of drug-likeness (QED) is 0.670. The molecule has 10 heavy (non-hydrogen) atoms. The average Bonchev–Trinajstić information content (AvgIpc) is 2.04. The summed E-state index contributed by atoms with van der Waals surface area (Å²) in [4.78, 5) is 3.81. The van der Waals surface area contributed by atoms with Gasteiger partial charge in [-0.25, -0.2) is 0 Å². The summed E-state index contributed by atoms with van der Waals surface area (Å²) in [6.07, 6.45) is 0. The minimum Gasteiger partial charge on any atom is -0.0616 e. The smallest absolute Gasteiger partial charge is 0.0110 e. The van der Waals surface area contributed by atoms with E-state index in [1.807, 2.05) is 34.2 Å². The van der Waals surface area contributed by atoms with E-state index in [-0.39, 0.29) is 0 Å². The zero-order chi connectivity index (χ0) is 7.40. The molecule has 0 amide bonds. The van der Waals surface area contributed by atoms with Crippen LogP contribution in [0.5, 0.6) is 0 Å². The Kier molecular flexibility index (Phi) is 3.16. The van der Waals surface area contributed by atoms with Crippen molar-refractivity contribution in [1.29, 1.82) is 0 Å². The van der Waals surface area contributed by atoms with Crippen molar-refractivity contribution in [3.63, 3.8) is 0 Å². The molecule has 0 aliphatic heterocycles. The molecule has 0 N–H and O–H groups in total. The first-order valence-electron chi connectivity index (χ1n) is 2.84. The fourth-order valence-electron chi connectivity index (χ4n) is 0.710. The molecule has 0 heterocycles. The van der Waals surface area contributed by atoms with Crippen LogP contribution in [0.15, 0.2) is 24.3 Å². The summed E-state index contributed by atoms with van der Waals surface area (Å²) in [5.41, 5.74) is 0. The molecule has 0 aliphatic carbocycles. The zero-order valence-corrected chi connectivity index (χ0v) is 8.39. The lowest BCUT2D eigenvalue weighted by Gasteiger charge is -1.84. The third kappa shape index (κ3) is 1.70. The molecule has 0 atom stereocenters. The van der Waals surface area contributed by atoms with Crippen molar-refractivity contribution < 1.29 is 0 Å². The van der Waals surface area contributed by atoms with Crippen molar-refractivity contribution in [3.05, 3.63) is 34.7 Å². The Hall–Kier alpha value is -0.0800. The van der Waals surface area contributed by atoms with Gasteiger partial charge in [0, 0.05) is 0 Å². The van der Waals surface area contributed by atoms with Gasteiger partial charge in [-0.3, -0.25) is 0 Å². The minimum atomic E-state index is 1.18. The van der Waals surface area contributed by atoms with Gasteiger partial charge in [0.2, 0.25) is 0 Å². The van der Waals surface area contributed by atoms with Crippen molar-refractivity contribution in [1.82, 2.24) is 0 Å². The van der Waals surface area contributed by atoms with Crippen LogP contribution in [0.1, 0.15) is 0 Å². The lowest BCUT2D eigenvalue weighted by Crippen LogP contribution is -2.21. The molecule has 2 heteroatoms. The Morgan fingerprint density at radius 3 is 1.60 bits per heavy atom. The normalized spacial score (nSPS) is 14.2. The Labute approximate surface area is 76.5 Å². The van der Waals surface area contributed by atoms with Crippen LogP contribution < -0.4 is 10.4 Å². The highest BCUT2D eigenvalue weighted by Crippen LogP contribution is 1.81. The lowest BCUT2D eigenvalue weighted by atomic mass is 10.3. The third-order valence-corrected chi connectivity index (χ3v) is 2.22. The monoisotopic (exact) mass is 260 g/mol. The summed E-state index contributed by atoms with van der Waals surface area (Å²) in [7, 11) is 0. The first-order chi connectivity index (χ1) is 4.88. The molecular weight excluding hydrogens is 256 g/mol. The van der Waals surface area contributed by atoms with Gasteiger partial charge in [0.15, 0.2) is 0 Å². The van der Waals surface area contributed by atoms with Gasteiger partial charge in [0.05, 0.1) is 0 Å². The molecule has 0 bridgehead atoms. The number of benzene rings is 1. The van der Waals surface area contributed by atoms with E-state index in [0.29, 0.717) is 0 Å². The van der Waals surface area contributed by atoms with Crippen LogP contribution in [0.2, 0.25) is 0 Å². The minimum absolute atomic E-state index is 1.18. The molecule has 0 saturated carbocycles. The molecule has 0 aromatic heterocycles. The van der Waals surface area contributed by atoms with Crippen LogP contribution in [0.4, 0.5) is 0 Å². The summed E-state index contributed by atoms with van der Waals surface area (Å²) in [6, 6.07) is 8.10. The molecule has 52 valence electrons. The van der Waals surface area contributed by atoms with Crippen LogP contribution in [-0.2, 0) is 0 Å². The summed E-state index contributed by atoms with van der Waals surface area (Å²) >= 11 is 6.57. The van der Waals surface area contributed by atoms with Crippen LogP contribution in [-0.4, -0.2) is 0 Å². The highest BCUT2D eigenvalue weighted by atomic mass is 79.9. The molecule has 0 spiro atoms. The van der Waals surface area contributed by atoms with Crippen LogP contribution in [0.25, 0.3) is 9.97 Å². The number of rotatable bonds is 0. The first kappa shape index (κ1) is 8.02. The van der Waals surface area contributed by atoms with Gasteiger partial charge in [-0.15, -0.1) is 0 Å². The fourth-order valence-corrected chi connectivity index (χ4v) is 1.54. The van der Waals surface area contributed by atoms with E-state index < -0.39 is 0 Å². The van der Waals surface area contributed by atoms with E-state index in [9.17, 15) is 0 Å². The summed E-state index contributed by atoms with van der Waals surface area (Å²) in [5, 5.41) is 2.36. The maximum Gasteiger partial charge on any atom is -0.0110 e. The van der Waals surface area contributed by atoms with Gasteiger partial charge in [0.25, 0.3) is 0 Å². The van der Waals surface area contributed by atoms with Crippen molar-refractivity contribution in [2.45, 2.75) is 0 Å². The van der Waals surface area contributed by atoms with Crippen LogP contribution >= 0.6 is 31.9 Å². The molecule has 0 nitrogen and oxygen atoms in total. The van der Waals surface area contributed by atoms with E-state index in [1.165, 1.54) is 10.4 Å². The van der Waals surface area contributed by atoms with Crippen molar-refractivity contribution in [2.24, 2.45) is 0 Å². The van der Waals surface area contributed by atoms with Gasteiger partial charge >= 0.3 is 0 Å². The SMILES string of the molecule is BrC=c1ccccc1=CBr. The van der Waals surface area contributed by atoms with E-state index >= 15 is 0 Å². The van der Waals surface area contributed by atoms with E-state index in [0.717, 1.165) is 0 Å². The summed E-state index contributed by atoms with van der Waals surface area (Å²) in [6.45, 7) is 0. The standard InChI is InChI=1S/C8H6Br2/c9-5-7-3-1-2-4-8(7)6-10/h1-6H. The van der Waals surface area contributed by atoms with Gasteiger partial charge in [-0.1, -0.05) is 56.1 Å². The van der Waals surface area contributed by atoms with E-state index in [1.54, 1.807) is 0 Å².